The number of halogens is 4. The standard InChI is InChI=1S/C9H11BrF3NO2/c10-5-7(15)6-1-3-14(4-2-6)8(16)9(11,12)13/h6H,1-5H2. The highest BCUT2D eigenvalue weighted by Crippen LogP contribution is 2.24. The lowest BCUT2D eigenvalue weighted by Gasteiger charge is -2.31. The van der Waals surface area contributed by atoms with Gasteiger partial charge in [-0.1, -0.05) is 15.9 Å². The van der Waals surface area contributed by atoms with Crippen LogP contribution in [-0.2, 0) is 9.59 Å². The van der Waals surface area contributed by atoms with Crippen LogP contribution in [-0.4, -0.2) is 41.2 Å². The summed E-state index contributed by atoms with van der Waals surface area (Å²) in [6, 6.07) is 0. The Morgan fingerprint density at radius 2 is 1.75 bits per heavy atom. The molecule has 0 aliphatic carbocycles. The van der Waals surface area contributed by atoms with Gasteiger partial charge in [0.2, 0.25) is 0 Å². The molecule has 1 rings (SSSR count). The monoisotopic (exact) mass is 301 g/mol. The largest absolute Gasteiger partial charge is 0.471 e. The van der Waals surface area contributed by atoms with E-state index < -0.39 is 12.1 Å². The third-order valence-corrected chi connectivity index (χ3v) is 3.16. The third-order valence-electron chi connectivity index (χ3n) is 2.61. The van der Waals surface area contributed by atoms with Crippen molar-refractivity contribution in [2.45, 2.75) is 19.0 Å². The van der Waals surface area contributed by atoms with Crippen LogP contribution in [0, 0.1) is 5.92 Å². The molecule has 1 aliphatic rings. The number of nitrogens with zero attached hydrogens (tertiary/aromatic N) is 1. The van der Waals surface area contributed by atoms with Crippen LogP contribution in [0.2, 0.25) is 0 Å². The number of ketones is 1. The molecule has 1 aliphatic heterocycles. The van der Waals surface area contributed by atoms with Gasteiger partial charge in [-0.25, -0.2) is 0 Å². The van der Waals surface area contributed by atoms with E-state index in [1.54, 1.807) is 0 Å². The van der Waals surface area contributed by atoms with E-state index in [2.05, 4.69) is 15.9 Å². The number of piperidine rings is 1. The molecule has 0 spiro atoms. The van der Waals surface area contributed by atoms with Crippen LogP contribution >= 0.6 is 15.9 Å². The van der Waals surface area contributed by atoms with E-state index in [0.29, 0.717) is 12.8 Å². The summed E-state index contributed by atoms with van der Waals surface area (Å²) >= 11 is 3.02. The molecule has 1 saturated heterocycles. The highest BCUT2D eigenvalue weighted by atomic mass is 79.9. The second-order valence-electron chi connectivity index (χ2n) is 3.66. The molecule has 1 heterocycles. The van der Waals surface area contributed by atoms with Crippen LogP contribution in [0.3, 0.4) is 0 Å². The Hall–Kier alpha value is -0.590. The molecule has 3 nitrogen and oxygen atoms in total. The predicted molar refractivity (Wildman–Crippen MR) is 54.2 cm³/mol. The van der Waals surface area contributed by atoms with Crippen molar-refractivity contribution in [2.24, 2.45) is 5.92 Å². The fourth-order valence-electron chi connectivity index (χ4n) is 1.69. The molecule has 7 heteroatoms. The van der Waals surface area contributed by atoms with E-state index >= 15 is 0 Å². The van der Waals surface area contributed by atoms with Crippen LogP contribution in [0.4, 0.5) is 13.2 Å². The molecule has 0 aromatic rings. The van der Waals surface area contributed by atoms with Crippen molar-refractivity contribution in [1.82, 2.24) is 4.90 Å². The Balaban J connectivity index is 2.49. The molecule has 0 aromatic carbocycles. The molecule has 0 saturated carbocycles. The Morgan fingerprint density at radius 1 is 1.25 bits per heavy atom. The highest BCUT2D eigenvalue weighted by molar-refractivity contribution is 9.09. The minimum absolute atomic E-state index is 0.00174. The zero-order chi connectivity index (χ0) is 12.3. The Labute approximate surface area is 99.1 Å². The van der Waals surface area contributed by atoms with Gasteiger partial charge in [0.25, 0.3) is 0 Å². The summed E-state index contributed by atoms with van der Waals surface area (Å²) in [6.45, 7) is 0.00347. The second kappa shape index (κ2) is 5.16. The van der Waals surface area contributed by atoms with Crippen molar-refractivity contribution < 1.29 is 22.8 Å². The molecule has 1 fully saturated rings. The maximum absolute atomic E-state index is 12.1. The second-order valence-corrected chi connectivity index (χ2v) is 4.22. The number of Topliss-reactive ketones (excluding diaryl/α,β-unsaturated/α-hetero) is 1. The molecule has 16 heavy (non-hydrogen) atoms. The van der Waals surface area contributed by atoms with Crippen molar-refractivity contribution in [3.8, 4) is 0 Å². The Bertz CT molecular complexity index is 285. The number of carbonyl (C=O) groups excluding carboxylic acids is 2. The van der Waals surface area contributed by atoms with Gasteiger partial charge in [0.05, 0.1) is 5.33 Å². The average molecular weight is 302 g/mol. The summed E-state index contributed by atoms with van der Waals surface area (Å²) in [5.74, 6) is -2.05. The van der Waals surface area contributed by atoms with Gasteiger partial charge >= 0.3 is 12.1 Å². The summed E-state index contributed by atoms with van der Waals surface area (Å²) in [5.41, 5.74) is 0. The van der Waals surface area contributed by atoms with Gasteiger partial charge in [0.1, 0.15) is 5.78 Å². The molecule has 0 radical (unpaired) electrons. The number of likely N-dealkylation sites (tertiary alicyclic amines) is 1. The molecule has 0 unspecified atom stereocenters. The highest BCUT2D eigenvalue weighted by Gasteiger charge is 2.43. The Kier molecular flexibility index (Phi) is 4.35. The average Bonchev–Trinajstić information content (AvgIpc) is 2.26. The van der Waals surface area contributed by atoms with E-state index in [0.717, 1.165) is 4.90 Å². The minimum atomic E-state index is -4.81. The Morgan fingerprint density at radius 3 is 2.12 bits per heavy atom. The van der Waals surface area contributed by atoms with Crippen molar-refractivity contribution in [1.29, 1.82) is 0 Å². The van der Waals surface area contributed by atoms with Crippen molar-refractivity contribution in [2.75, 3.05) is 18.4 Å². The first-order valence-corrected chi connectivity index (χ1v) is 5.93. The number of hydrogen-bond acceptors (Lipinski definition) is 2. The summed E-state index contributed by atoms with van der Waals surface area (Å²) in [7, 11) is 0. The molecular formula is C9H11BrF3NO2. The van der Waals surface area contributed by atoms with Gasteiger partial charge in [-0.2, -0.15) is 13.2 Å². The van der Waals surface area contributed by atoms with Crippen LogP contribution in [0.25, 0.3) is 0 Å². The van der Waals surface area contributed by atoms with Crippen LogP contribution in [0.5, 0.6) is 0 Å². The number of hydrogen-bond donors (Lipinski definition) is 0. The van der Waals surface area contributed by atoms with Crippen LogP contribution in [0.1, 0.15) is 12.8 Å². The zero-order valence-corrected chi connectivity index (χ0v) is 9.97. The molecule has 0 bridgehead atoms. The van der Waals surface area contributed by atoms with Gasteiger partial charge in [0.15, 0.2) is 0 Å². The van der Waals surface area contributed by atoms with E-state index in [4.69, 9.17) is 0 Å². The van der Waals surface area contributed by atoms with Crippen molar-refractivity contribution in [3.05, 3.63) is 0 Å². The maximum Gasteiger partial charge on any atom is 0.471 e. The van der Waals surface area contributed by atoms with Gasteiger partial charge in [-0.05, 0) is 12.8 Å². The zero-order valence-electron chi connectivity index (χ0n) is 8.39. The van der Waals surface area contributed by atoms with Gasteiger partial charge in [-0.3, -0.25) is 9.59 Å². The maximum atomic E-state index is 12.1. The summed E-state index contributed by atoms with van der Waals surface area (Å²) in [6.07, 6.45) is -4.19. The molecule has 92 valence electrons. The number of amides is 1. The molecule has 0 atom stereocenters. The van der Waals surface area contributed by atoms with E-state index in [-0.39, 0.29) is 30.1 Å². The lowest BCUT2D eigenvalue weighted by atomic mass is 9.93. The smallest absolute Gasteiger partial charge is 0.335 e. The molecule has 0 N–H and O–H groups in total. The van der Waals surface area contributed by atoms with Gasteiger partial charge < -0.3 is 4.90 Å². The van der Waals surface area contributed by atoms with Crippen molar-refractivity contribution in [3.63, 3.8) is 0 Å². The molecular weight excluding hydrogens is 291 g/mol. The predicted octanol–water partition coefficient (Wildman–Crippen LogP) is 1.75. The molecule has 0 aromatic heterocycles. The van der Waals surface area contributed by atoms with Crippen molar-refractivity contribution >= 4 is 27.6 Å². The summed E-state index contributed by atoms with van der Waals surface area (Å²) in [5, 5.41) is 0.213. The first-order valence-electron chi connectivity index (χ1n) is 4.81. The van der Waals surface area contributed by atoms with E-state index in [9.17, 15) is 22.8 Å². The number of alkyl halides is 4. The summed E-state index contributed by atoms with van der Waals surface area (Å²) < 4.78 is 36.3. The lowest BCUT2D eigenvalue weighted by molar-refractivity contribution is -0.186. The minimum Gasteiger partial charge on any atom is -0.335 e. The quantitative estimate of drug-likeness (QED) is 0.729. The molecule has 1 amide bonds. The fourth-order valence-corrected chi connectivity index (χ4v) is 2.15. The van der Waals surface area contributed by atoms with Gasteiger partial charge in [0, 0.05) is 19.0 Å². The number of carbonyl (C=O) groups is 2. The first-order chi connectivity index (χ1) is 7.36. The van der Waals surface area contributed by atoms with Crippen LogP contribution in [0.15, 0.2) is 0 Å². The summed E-state index contributed by atoms with van der Waals surface area (Å²) in [4.78, 5) is 22.9. The third kappa shape index (κ3) is 3.20. The lowest BCUT2D eigenvalue weighted by Crippen LogP contribution is -2.46. The fraction of sp³-hybridized carbons (Fsp3) is 0.778. The normalized spacial score (nSPS) is 18.6. The SMILES string of the molecule is O=C(CBr)C1CCN(C(=O)C(F)(F)F)CC1. The van der Waals surface area contributed by atoms with E-state index in [1.807, 2.05) is 0 Å². The first kappa shape index (κ1) is 13.5. The van der Waals surface area contributed by atoms with E-state index in [1.165, 1.54) is 0 Å². The number of rotatable bonds is 2. The van der Waals surface area contributed by atoms with Crippen LogP contribution < -0.4 is 0 Å². The topological polar surface area (TPSA) is 37.4 Å². The van der Waals surface area contributed by atoms with Gasteiger partial charge in [-0.15, -0.1) is 0 Å².